The zero-order valence-electron chi connectivity index (χ0n) is 22.9. The molecule has 2 aromatic carbocycles. The first kappa shape index (κ1) is 26.0. The summed E-state index contributed by atoms with van der Waals surface area (Å²) >= 11 is 0. The van der Waals surface area contributed by atoms with E-state index >= 15 is 0 Å². The molecule has 1 aliphatic rings. The summed E-state index contributed by atoms with van der Waals surface area (Å²) in [5, 5.41) is 3.59. The minimum absolute atomic E-state index is 0.0353. The monoisotopic (exact) mass is 533 g/mol. The summed E-state index contributed by atoms with van der Waals surface area (Å²) in [5.74, 6) is 1.38. The van der Waals surface area contributed by atoms with Crippen LogP contribution in [0.2, 0.25) is 0 Å². The van der Waals surface area contributed by atoms with Gasteiger partial charge in [0.05, 0.1) is 11.2 Å². The molecule has 38 heavy (non-hydrogen) atoms. The zero-order valence-corrected chi connectivity index (χ0v) is 23.7. The molecule has 3 heterocycles. The molecule has 5 rings (SSSR count). The predicted octanol–water partition coefficient (Wildman–Crippen LogP) is 4.44. The maximum Gasteiger partial charge on any atom is 0.229 e. The average molecular weight is 534 g/mol. The van der Waals surface area contributed by atoms with Gasteiger partial charge in [0.25, 0.3) is 0 Å². The Kier molecular flexibility index (Phi) is 6.54. The number of aromatic nitrogens is 4. The minimum Gasteiger partial charge on any atom is -0.368 e. The van der Waals surface area contributed by atoms with Crippen molar-refractivity contribution in [1.82, 2.24) is 19.5 Å². The highest BCUT2D eigenvalue weighted by Crippen LogP contribution is 2.31. The van der Waals surface area contributed by atoms with E-state index in [1.165, 1.54) is 11.8 Å². The van der Waals surface area contributed by atoms with Gasteiger partial charge in [0.1, 0.15) is 5.52 Å². The summed E-state index contributed by atoms with van der Waals surface area (Å²) in [6, 6.07) is 13.6. The Bertz CT molecular complexity index is 1580. The van der Waals surface area contributed by atoms with Gasteiger partial charge in [-0.05, 0) is 53.8 Å². The van der Waals surface area contributed by atoms with Crippen molar-refractivity contribution in [3.8, 4) is 0 Å². The van der Waals surface area contributed by atoms with Crippen molar-refractivity contribution < 1.29 is 8.42 Å². The number of aryl methyl sites for hydroxylation is 2. The largest absolute Gasteiger partial charge is 0.368 e. The van der Waals surface area contributed by atoms with E-state index < -0.39 is 9.84 Å². The number of nitrogens with one attached hydrogen (secondary N) is 1. The van der Waals surface area contributed by atoms with Crippen LogP contribution in [0.4, 0.5) is 23.1 Å². The highest BCUT2D eigenvalue weighted by atomic mass is 32.2. The lowest BCUT2D eigenvalue weighted by molar-refractivity contribution is 0.590. The van der Waals surface area contributed by atoms with Crippen molar-refractivity contribution in [3.63, 3.8) is 0 Å². The lowest BCUT2D eigenvalue weighted by Crippen LogP contribution is -2.47. The number of sulfone groups is 1. The molecule has 2 aromatic heterocycles. The first-order chi connectivity index (χ1) is 17.9. The van der Waals surface area contributed by atoms with E-state index in [9.17, 15) is 8.42 Å². The van der Waals surface area contributed by atoms with Crippen molar-refractivity contribution in [3.05, 3.63) is 59.9 Å². The molecular formula is C28H35N7O2S. The minimum atomic E-state index is -3.21. The lowest BCUT2D eigenvalue weighted by Gasteiger charge is -2.36. The number of piperazine rings is 1. The van der Waals surface area contributed by atoms with Gasteiger partial charge in [0.15, 0.2) is 21.3 Å². The average Bonchev–Trinajstić information content (AvgIpc) is 3.25. The standard InChI is InChI=1S/C28H35N7O2S/c1-19-7-8-20(28(2,3)4)17-23(19)30-26-24-25(29-18-33(24)5)31-27(32-26)35-15-13-34(14-16-35)21-9-11-22(12-10-21)38(6,36)37/h7-12,17-18H,13-16H2,1-6H3,(H,30,31,32). The Labute approximate surface area is 224 Å². The smallest absolute Gasteiger partial charge is 0.229 e. The maximum atomic E-state index is 11.8. The Morgan fingerprint density at radius 3 is 2.21 bits per heavy atom. The Morgan fingerprint density at radius 2 is 1.58 bits per heavy atom. The Morgan fingerprint density at radius 1 is 0.921 bits per heavy atom. The number of fused-ring (bicyclic) bond motifs is 1. The van der Waals surface area contributed by atoms with Gasteiger partial charge in [-0.1, -0.05) is 32.9 Å². The zero-order chi connectivity index (χ0) is 27.2. The lowest BCUT2D eigenvalue weighted by atomic mass is 9.86. The van der Waals surface area contributed by atoms with E-state index in [0.29, 0.717) is 16.5 Å². The van der Waals surface area contributed by atoms with Crippen LogP contribution >= 0.6 is 0 Å². The summed E-state index contributed by atoms with van der Waals surface area (Å²) < 4.78 is 25.5. The normalized spacial score (nSPS) is 14.8. The number of anilines is 4. The van der Waals surface area contributed by atoms with Gasteiger partial charge < -0.3 is 19.7 Å². The second kappa shape index (κ2) is 9.58. The SMILES string of the molecule is Cc1ccc(C(C)(C)C)cc1Nc1nc(N2CCN(c3ccc(S(C)(=O)=O)cc3)CC2)nc2ncn(C)c12. The quantitative estimate of drug-likeness (QED) is 0.402. The van der Waals surface area contributed by atoms with Crippen LogP contribution in [0.25, 0.3) is 11.2 Å². The first-order valence-electron chi connectivity index (χ1n) is 12.8. The molecule has 200 valence electrons. The highest BCUT2D eigenvalue weighted by Gasteiger charge is 2.23. The third kappa shape index (κ3) is 5.18. The van der Waals surface area contributed by atoms with Gasteiger partial charge >= 0.3 is 0 Å². The van der Waals surface area contributed by atoms with Crippen molar-refractivity contribution >= 4 is 44.1 Å². The molecule has 0 spiro atoms. The number of hydrogen-bond acceptors (Lipinski definition) is 8. The molecule has 10 heteroatoms. The molecule has 0 aliphatic carbocycles. The topological polar surface area (TPSA) is 96.2 Å². The molecule has 1 fully saturated rings. The maximum absolute atomic E-state index is 11.8. The highest BCUT2D eigenvalue weighted by molar-refractivity contribution is 7.90. The molecule has 0 saturated carbocycles. The number of nitrogens with zero attached hydrogens (tertiary/aromatic N) is 6. The van der Waals surface area contributed by atoms with E-state index in [-0.39, 0.29) is 5.41 Å². The summed E-state index contributed by atoms with van der Waals surface area (Å²) in [4.78, 5) is 19.1. The molecule has 1 N–H and O–H groups in total. The second-order valence-corrected chi connectivity index (χ2v) is 13.1. The van der Waals surface area contributed by atoms with Gasteiger partial charge in [-0.15, -0.1) is 0 Å². The number of benzene rings is 2. The molecular weight excluding hydrogens is 498 g/mol. The van der Waals surface area contributed by atoms with Crippen molar-refractivity contribution in [2.45, 2.75) is 38.0 Å². The van der Waals surface area contributed by atoms with Gasteiger partial charge in [-0.25, -0.2) is 13.4 Å². The molecule has 1 saturated heterocycles. The molecule has 9 nitrogen and oxygen atoms in total. The van der Waals surface area contributed by atoms with Crippen molar-refractivity contribution in [2.24, 2.45) is 7.05 Å². The summed E-state index contributed by atoms with van der Waals surface area (Å²) in [6.45, 7) is 11.8. The summed E-state index contributed by atoms with van der Waals surface area (Å²) in [6.07, 6.45) is 3.00. The molecule has 0 bridgehead atoms. The number of hydrogen-bond donors (Lipinski definition) is 1. The van der Waals surface area contributed by atoms with Crippen molar-refractivity contribution in [1.29, 1.82) is 0 Å². The molecule has 1 aliphatic heterocycles. The van der Waals surface area contributed by atoms with Crippen LogP contribution in [-0.4, -0.2) is 60.4 Å². The second-order valence-electron chi connectivity index (χ2n) is 11.0. The predicted molar refractivity (Wildman–Crippen MR) is 153 cm³/mol. The molecule has 0 atom stereocenters. The summed E-state index contributed by atoms with van der Waals surface area (Å²) in [7, 11) is -1.25. The van der Waals surface area contributed by atoms with Crippen LogP contribution in [0.15, 0.2) is 53.7 Å². The van der Waals surface area contributed by atoms with E-state index in [4.69, 9.17) is 9.97 Å². The molecule has 0 unspecified atom stereocenters. The Balaban J connectivity index is 1.40. The fourth-order valence-corrected chi connectivity index (χ4v) is 5.32. The first-order valence-corrected chi connectivity index (χ1v) is 14.7. The molecule has 0 radical (unpaired) electrons. The van der Waals surface area contributed by atoms with E-state index in [1.807, 2.05) is 23.7 Å². The van der Waals surface area contributed by atoms with Crippen LogP contribution in [-0.2, 0) is 22.3 Å². The van der Waals surface area contributed by atoms with Crippen LogP contribution in [0.5, 0.6) is 0 Å². The Hall–Kier alpha value is -3.66. The van der Waals surface area contributed by atoms with Crippen LogP contribution < -0.4 is 15.1 Å². The van der Waals surface area contributed by atoms with E-state index in [1.54, 1.807) is 18.5 Å². The van der Waals surface area contributed by atoms with Gasteiger partial charge in [0, 0.05) is 50.9 Å². The fraction of sp³-hybridized carbons (Fsp3) is 0.393. The van der Waals surface area contributed by atoms with Gasteiger partial charge in [0.2, 0.25) is 5.95 Å². The number of rotatable bonds is 5. The van der Waals surface area contributed by atoms with E-state index in [2.05, 4.69) is 66.0 Å². The van der Waals surface area contributed by atoms with Crippen molar-refractivity contribution in [2.75, 3.05) is 47.6 Å². The third-order valence-corrected chi connectivity index (χ3v) is 8.24. The molecule has 4 aromatic rings. The molecule has 0 amide bonds. The fourth-order valence-electron chi connectivity index (χ4n) is 4.69. The van der Waals surface area contributed by atoms with Gasteiger partial charge in [-0.2, -0.15) is 9.97 Å². The van der Waals surface area contributed by atoms with Gasteiger partial charge in [-0.3, -0.25) is 0 Å². The summed E-state index contributed by atoms with van der Waals surface area (Å²) in [5.41, 5.74) is 5.97. The van der Waals surface area contributed by atoms with Crippen LogP contribution in [0.3, 0.4) is 0 Å². The third-order valence-electron chi connectivity index (χ3n) is 7.11. The number of imidazole rings is 1. The van der Waals surface area contributed by atoms with Crippen LogP contribution in [0, 0.1) is 6.92 Å². The van der Waals surface area contributed by atoms with E-state index in [0.717, 1.165) is 54.5 Å². The van der Waals surface area contributed by atoms with Crippen LogP contribution in [0.1, 0.15) is 31.9 Å².